The van der Waals surface area contributed by atoms with E-state index in [1.165, 1.54) is 34.5 Å². The van der Waals surface area contributed by atoms with Crippen molar-refractivity contribution in [3.05, 3.63) is 42.0 Å². The quantitative estimate of drug-likeness (QED) is 0.742. The lowest BCUT2D eigenvalue weighted by atomic mass is 9.77. The molecule has 3 rings (SSSR count). The van der Waals surface area contributed by atoms with Gasteiger partial charge in [0.2, 0.25) is 0 Å². The second-order valence-electron chi connectivity index (χ2n) is 7.68. The van der Waals surface area contributed by atoms with Gasteiger partial charge in [-0.2, -0.15) is 0 Å². The molecular formula is C18H25NSi. The predicted octanol–water partition coefficient (Wildman–Crippen LogP) is 5.25. The number of nitrogens with one attached hydrogen (secondary N) is 1. The van der Waals surface area contributed by atoms with Crippen molar-refractivity contribution < 1.29 is 0 Å². The summed E-state index contributed by atoms with van der Waals surface area (Å²) in [5, 5.41) is 6.39. The maximum absolute atomic E-state index is 3.66. The van der Waals surface area contributed by atoms with E-state index in [0.29, 0.717) is 5.41 Å². The number of anilines is 1. The maximum atomic E-state index is 3.66. The van der Waals surface area contributed by atoms with E-state index in [0.717, 1.165) is 6.54 Å². The molecule has 0 amide bonds. The molecule has 0 radical (unpaired) electrons. The topological polar surface area (TPSA) is 12.0 Å². The lowest BCUT2D eigenvalue weighted by molar-refractivity contribution is 0.476. The molecule has 1 aliphatic rings. The molecule has 1 nitrogen and oxygen atoms in total. The molecule has 1 aliphatic heterocycles. The van der Waals surface area contributed by atoms with E-state index in [2.05, 4.69) is 68.3 Å². The molecular weight excluding hydrogens is 258 g/mol. The second-order valence-corrected chi connectivity index (χ2v) is 13.2. The lowest BCUT2D eigenvalue weighted by Crippen LogP contribution is -2.38. The number of rotatable bonds is 2. The van der Waals surface area contributed by atoms with Crippen molar-refractivity contribution in [2.75, 3.05) is 11.9 Å². The Bertz CT molecular complexity index is 641. The van der Waals surface area contributed by atoms with Gasteiger partial charge >= 0.3 is 0 Å². The van der Waals surface area contributed by atoms with E-state index in [4.69, 9.17) is 0 Å². The summed E-state index contributed by atoms with van der Waals surface area (Å²) in [7, 11) is -1.08. The highest BCUT2D eigenvalue weighted by molar-refractivity contribution is 6.76. The standard InChI is InChI=1S/C18H25NSi/c1-18(13-20(2,3)4)11-12-19-17-15-8-6-5-7-14(15)9-10-16(17)18/h5-10,19H,11-13H2,1-4H3. The van der Waals surface area contributed by atoms with Crippen LogP contribution in [0.3, 0.4) is 0 Å². The van der Waals surface area contributed by atoms with Crippen molar-refractivity contribution in [3.63, 3.8) is 0 Å². The first-order valence-electron chi connectivity index (χ1n) is 7.65. The van der Waals surface area contributed by atoms with Crippen LogP contribution in [0.25, 0.3) is 10.8 Å². The number of hydrogen-bond acceptors (Lipinski definition) is 1. The van der Waals surface area contributed by atoms with Gasteiger partial charge in [-0.1, -0.05) is 63.0 Å². The first kappa shape index (κ1) is 13.7. The summed E-state index contributed by atoms with van der Waals surface area (Å²) >= 11 is 0. The van der Waals surface area contributed by atoms with Crippen LogP contribution in [0.4, 0.5) is 5.69 Å². The molecule has 1 heterocycles. The van der Waals surface area contributed by atoms with Gasteiger partial charge in [-0.25, -0.2) is 0 Å². The molecule has 20 heavy (non-hydrogen) atoms. The van der Waals surface area contributed by atoms with Crippen molar-refractivity contribution in [1.82, 2.24) is 0 Å². The second kappa shape index (κ2) is 4.63. The van der Waals surface area contributed by atoms with Crippen molar-refractivity contribution in [2.45, 2.75) is 44.4 Å². The summed E-state index contributed by atoms with van der Waals surface area (Å²) in [6.07, 6.45) is 1.25. The minimum Gasteiger partial charge on any atom is -0.384 e. The first-order valence-corrected chi connectivity index (χ1v) is 11.4. The average molecular weight is 283 g/mol. The summed E-state index contributed by atoms with van der Waals surface area (Å²) in [6, 6.07) is 14.8. The fourth-order valence-electron chi connectivity index (χ4n) is 3.92. The molecule has 1 atom stereocenters. The average Bonchev–Trinajstić information content (AvgIpc) is 2.36. The molecule has 0 bridgehead atoms. The summed E-state index contributed by atoms with van der Waals surface area (Å²) < 4.78 is 0. The molecule has 2 heteroatoms. The van der Waals surface area contributed by atoms with Crippen LogP contribution < -0.4 is 5.32 Å². The fourth-order valence-corrected chi connectivity index (χ4v) is 6.63. The third-order valence-corrected chi connectivity index (χ3v) is 6.32. The predicted molar refractivity (Wildman–Crippen MR) is 92.6 cm³/mol. The van der Waals surface area contributed by atoms with Crippen LogP contribution in [0, 0.1) is 0 Å². The van der Waals surface area contributed by atoms with Gasteiger partial charge in [-0.15, -0.1) is 0 Å². The van der Waals surface area contributed by atoms with Crippen LogP contribution in [0.2, 0.25) is 25.7 Å². The zero-order valence-corrected chi connectivity index (χ0v) is 14.1. The molecule has 0 saturated heterocycles. The molecule has 0 aromatic heterocycles. The molecule has 0 aliphatic carbocycles. The van der Waals surface area contributed by atoms with E-state index in [9.17, 15) is 0 Å². The van der Waals surface area contributed by atoms with Gasteiger partial charge in [0.25, 0.3) is 0 Å². The van der Waals surface area contributed by atoms with E-state index in [1.807, 2.05) is 0 Å². The van der Waals surface area contributed by atoms with Gasteiger partial charge in [0, 0.05) is 25.7 Å². The van der Waals surface area contributed by atoms with Gasteiger partial charge in [-0.05, 0) is 28.8 Å². The van der Waals surface area contributed by atoms with Gasteiger partial charge in [0.15, 0.2) is 0 Å². The highest BCUT2D eigenvalue weighted by atomic mass is 28.3. The van der Waals surface area contributed by atoms with Gasteiger partial charge < -0.3 is 5.32 Å². The third kappa shape index (κ3) is 2.37. The minimum absolute atomic E-state index is 0.342. The van der Waals surface area contributed by atoms with Crippen LogP contribution in [0.15, 0.2) is 36.4 Å². The first-order chi connectivity index (χ1) is 9.39. The Morgan fingerprint density at radius 2 is 1.85 bits per heavy atom. The maximum Gasteiger partial charge on any atom is 0.0457 e. The Morgan fingerprint density at radius 1 is 1.10 bits per heavy atom. The number of fused-ring (bicyclic) bond motifs is 3. The normalized spacial score (nSPS) is 22.4. The summed E-state index contributed by atoms with van der Waals surface area (Å²) in [5.41, 5.74) is 3.26. The molecule has 0 fully saturated rings. The molecule has 0 spiro atoms. The number of benzene rings is 2. The van der Waals surface area contributed by atoms with Gasteiger partial charge in [0.05, 0.1) is 0 Å². The lowest BCUT2D eigenvalue weighted by Gasteiger charge is -2.40. The fraction of sp³-hybridized carbons (Fsp3) is 0.444. The summed E-state index contributed by atoms with van der Waals surface area (Å²) in [6.45, 7) is 11.0. The van der Waals surface area contributed by atoms with Crippen molar-refractivity contribution in [3.8, 4) is 0 Å². The molecule has 2 aromatic rings. The zero-order valence-electron chi connectivity index (χ0n) is 13.1. The van der Waals surface area contributed by atoms with Crippen molar-refractivity contribution in [2.24, 2.45) is 0 Å². The van der Waals surface area contributed by atoms with E-state index < -0.39 is 8.07 Å². The van der Waals surface area contributed by atoms with Crippen LogP contribution in [-0.2, 0) is 5.41 Å². The third-order valence-electron chi connectivity index (χ3n) is 4.48. The van der Waals surface area contributed by atoms with Crippen molar-refractivity contribution in [1.29, 1.82) is 0 Å². The monoisotopic (exact) mass is 283 g/mol. The van der Waals surface area contributed by atoms with Crippen LogP contribution >= 0.6 is 0 Å². The zero-order chi connectivity index (χ0) is 14.4. The molecule has 0 saturated carbocycles. The Morgan fingerprint density at radius 3 is 2.60 bits per heavy atom. The Labute approximate surface area is 123 Å². The van der Waals surface area contributed by atoms with Crippen LogP contribution in [0.1, 0.15) is 18.9 Å². The van der Waals surface area contributed by atoms with Gasteiger partial charge in [-0.3, -0.25) is 0 Å². The molecule has 106 valence electrons. The Balaban J connectivity index is 2.16. The van der Waals surface area contributed by atoms with Crippen molar-refractivity contribution >= 4 is 24.5 Å². The van der Waals surface area contributed by atoms with Crippen LogP contribution in [0.5, 0.6) is 0 Å². The molecule has 2 aromatic carbocycles. The minimum atomic E-state index is -1.08. The molecule has 1 N–H and O–H groups in total. The highest BCUT2D eigenvalue weighted by Crippen LogP contribution is 2.45. The van der Waals surface area contributed by atoms with E-state index in [1.54, 1.807) is 0 Å². The Hall–Kier alpha value is -1.28. The van der Waals surface area contributed by atoms with Gasteiger partial charge in [0.1, 0.15) is 0 Å². The highest BCUT2D eigenvalue weighted by Gasteiger charge is 2.36. The largest absolute Gasteiger partial charge is 0.384 e. The molecule has 1 unspecified atom stereocenters. The van der Waals surface area contributed by atoms with E-state index >= 15 is 0 Å². The van der Waals surface area contributed by atoms with Crippen LogP contribution in [-0.4, -0.2) is 14.6 Å². The SMILES string of the molecule is CC1(C[Si](C)(C)C)CCNc2c1ccc1ccccc21. The Kier molecular flexibility index (Phi) is 3.17. The smallest absolute Gasteiger partial charge is 0.0457 e. The number of hydrogen-bond donors (Lipinski definition) is 1. The summed E-state index contributed by atoms with van der Waals surface area (Å²) in [4.78, 5) is 0. The van der Waals surface area contributed by atoms with E-state index in [-0.39, 0.29) is 0 Å². The summed E-state index contributed by atoms with van der Waals surface area (Å²) in [5.74, 6) is 0.